The summed E-state index contributed by atoms with van der Waals surface area (Å²) in [6, 6.07) is 7.89. The van der Waals surface area contributed by atoms with Gasteiger partial charge >= 0.3 is 6.18 Å². The standard InChI is InChI=1S/C21H21F3N2O/c22-21(23,24)18-10-14(27)3-4-15(18)13-8-12-2-1-7-26-19-5-6-25-11-17(19)16(9-13)20(12)26/h3-4,8-10,17,19,25,27H,1-2,5-7,11H2/t17-,19-/m0/s1. The van der Waals surface area contributed by atoms with Gasteiger partial charge in [0.05, 0.1) is 5.56 Å². The summed E-state index contributed by atoms with van der Waals surface area (Å²) >= 11 is 0. The number of benzene rings is 2. The number of halogens is 3. The number of phenolic OH excluding ortho intramolecular Hbond substituents is 1. The van der Waals surface area contributed by atoms with Gasteiger partial charge in [-0.25, -0.2) is 0 Å². The predicted octanol–water partition coefficient (Wildman–Crippen LogP) is 4.29. The molecule has 3 aliphatic heterocycles. The number of aryl methyl sites for hydroxylation is 1. The first-order valence-corrected chi connectivity index (χ1v) is 9.48. The first kappa shape index (κ1) is 16.9. The van der Waals surface area contributed by atoms with Gasteiger partial charge < -0.3 is 15.3 Å². The molecule has 0 unspecified atom stereocenters. The minimum Gasteiger partial charge on any atom is -0.508 e. The van der Waals surface area contributed by atoms with Crippen molar-refractivity contribution in [3.63, 3.8) is 0 Å². The van der Waals surface area contributed by atoms with E-state index in [4.69, 9.17) is 0 Å². The molecule has 0 saturated carbocycles. The van der Waals surface area contributed by atoms with Crippen LogP contribution in [0.4, 0.5) is 18.9 Å². The third kappa shape index (κ3) is 2.61. The van der Waals surface area contributed by atoms with Gasteiger partial charge in [0, 0.05) is 30.7 Å². The molecule has 2 aromatic rings. The number of anilines is 1. The first-order chi connectivity index (χ1) is 12.9. The maximum Gasteiger partial charge on any atom is 0.417 e. The Morgan fingerprint density at radius 1 is 1.15 bits per heavy atom. The van der Waals surface area contributed by atoms with Gasteiger partial charge in [-0.2, -0.15) is 13.2 Å². The van der Waals surface area contributed by atoms with Crippen LogP contribution < -0.4 is 10.2 Å². The van der Waals surface area contributed by atoms with E-state index in [2.05, 4.69) is 10.2 Å². The summed E-state index contributed by atoms with van der Waals surface area (Å²) in [5.74, 6) is -0.0340. The molecule has 2 aromatic carbocycles. The highest BCUT2D eigenvalue weighted by Gasteiger charge is 2.42. The zero-order valence-corrected chi connectivity index (χ0v) is 14.8. The van der Waals surface area contributed by atoms with Crippen LogP contribution in [0.1, 0.15) is 35.4 Å². The molecular weight excluding hydrogens is 353 g/mol. The Labute approximate surface area is 155 Å². The summed E-state index contributed by atoms with van der Waals surface area (Å²) in [5.41, 5.74) is 3.56. The molecule has 5 rings (SSSR count). The number of rotatable bonds is 1. The lowest BCUT2D eigenvalue weighted by Crippen LogP contribution is -2.45. The van der Waals surface area contributed by atoms with Crippen LogP contribution in [-0.4, -0.2) is 30.8 Å². The molecule has 3 heterocycles. The lowest BCUT2D eigenvalue weighted by Gasteiger charge is -2.36. The van der Waals surface area contributed by atoms with E-state index in [0.29, 0.717) is 17.5 Å². The highest BCUT2D eigenvalue weighted by atomic mass is 19.4. The Hall–Kier alpha value is -2.21. The lowest BCUT2D eigenvalue weighted by atomic mass is 9.86. The molecule has 0 amide bonds. The monoisotopic (exact) mass is 374 g/mol. The number of nitrogens with zero attached hydrogens (tertiary/aromatic N) is 1. The van der Waals surface area contributed by atoms with Gasteiger partial charge in [-0.1, -0.05) is 6.07 Å². The largest absolute Gasteiger partial charge is 0.508 e. The summed E-state index contributed by atoms with van der Waals surface area (Å²) in [6.07, 6.45) is -1.50. The smallest absolute Gasteiger partial charge is 0.417 e. The number of phenols is 1. The average Bonchev–Trinajstić information content (AvgIpc) is 2.97. The van der Waals surface area contributed by atoms with Crippen LogP contribution in [0.25, 0.3) is 11.1 Å². The Morgan fingerprint density at radius 2 is 2.00 bits per heavy atom. The van der Waals surface area contributed by atoms with Gasteiger partial charge in [0.2, 0.25) is 0 Å². The van der Waals surface area contributed by atoms with Gasteiger partial charge in [0.25, 0.3) is 0 Å². The quantitative estimate of drug-likeness (QED) is 0.782. The fourth-order valence-electron chi connectivity index (χ4n) is 5.13. The second-order valence-corrected chi connectivity index (χ2v) is 7.76. The predicted molar refractivity (Wildman–Crippen MR) is 98.2 cm³/mol. The van der Waals surface area contributed by atoms with Gasteiger partial charge in [0.15, 0.2) is 0 Å². The Bertz CT molecular complexity index is 909. The van der Waals surface area contributed by atoms with Crippen LogP contribution in [0.5, 0.6) is 5.75 Å². The minimum atomic E-state index is -4.51. The fraction of sp³-hybridized carbons (Fsp3) is 0.429. The molecule has 3 aliphatic rings. The van der Waals surface area contributed by atoms with Crippen LogP contribution in [-0.2, 0) is 12.6 Å². The zero-order chi connectivity index (χ0) is 18.8. The number of nitrogens with one attached hydrogen (secondary N) is 1. The van der Waals surface area contributed by atoms with Crippen LogP contribution in [0.15, 0.2) is 30.3 Å². The highest BCUT2D eigenvalue weighted by Crippen LogP contribution is 2.50. The molecule has 0 radical (unpaired) electrons. The van der Waals surface area contributed by atoms with Crippen molar-refractivity contribution >= 4 is 5.69 Å². The third-order valence-corrected chi connectivity index (χ3v) is 6.22. The number of fused-ring (bicyclic) bond motifs is 3. The summed E-state index contributed by atoms with van der Waals surface area (Å²) in [6.45, 7) is 2.90. The van der Waals surface area contributed by atoms with Crippen molar-refractivity contribution in [1.29, 1.82) is 0 Å². The molecule has 3 nitrogen and oxygen atoms in total. The molecule has 1 saturated heterocycles. The zero-order valence-electron chi connectivity index (χ0n) is 14.8. The first-order valence-electron chi connectivity index (χ1n) is 9.48. The molecule has 2 atom stereocenters. The van der Waals surface area contributed by atoms with E-state index < -0.39 is 11.7 Å². The van der Waals surface area contributed by atoms with Crippen molar-refractivity contribution < 1.29 is 18.3 Å². The Balaban J connectivity index is 1.70. The Kier molecular flexibility index (Phi) is 3.69. The number of piperidine rings is 1. The maximum atomic E-state index is 13.6. The normalized spacial score (nSPS) is 23.9. The topological polar surface area (TPSA) is 35.5 Å². The van der Waals surface area contributed by atoms with Crippen molar-refractivity contribution in [2.24, 2.45) is 0 Å². The lowest BCUT2D eigenvalue weighted by molar-refractivity contribution is -0.137. The van der Waals surface area contributed by atoms with E-state index in [1.165, 1.54) is 23.4 Å². The van der Waals surface area contributed by atoms with E-state index in [9.17, 15) is 18.3 Å². The SMILES string of the molecule is Oc1ccc(-c2cc3c4c(c2)[C@@H]2CNCC[C@@H]2N4CCC3)c(C(F)(F)F)c1. The molecule has 27 heavy (non-hydrogen) atoms. The van der Waals surface area contributed by atoms with E-state index in [1.807, 2.05) is 12.1 Å². The Morgan fingerprint density at radius 3 is 2.81 bits per heavy atom. The molecule has 1 fully saturated rings. The van der Waals surface area contributed by atoms with Crippen LogP contribution in [0, 0.1) is 0 Å². The molecule has 2 N–H and O–H groups in total. The molecule has 0 bridgehead atoms. The fourth-order valence-corrected chi connectivity index (χ4v) is 5.13. The van der Waals surface area contributed by atoms with E-state index in [0.717, 1.165) is 50.5 Å². The number of hydrogen-bond donors (Lipinski definition) is 2. The summed E-state index contributed by atoms with van der Waals surface area (Å²) in [5, 5.41) is 13.0. The summed E-state index contributed by atoms with van der Waals surface area (Å²) < 4.78 is 40.7. The van der Waals surface area contributed by atoms with Crippen molar-refractivity contribution in [2.45, 2.75) is 37.4 Å². The number of alkyl halides is 3. The van der Waals surface area contributed by atoms with Crippen molar-refractivity contribution in [1.82, 2.24) is 5.32 Å². The molecule has 0 spiro atoms. The highest BCUT2D eigenvalue weighted by molar-refractivity contribution is 5.78. The molecule has 0 aromatic heterocycles. The second-order valence-electron chi connectivity index (χ2n) is 7.76. The molecule has 0 aliphatic carbocycles. The summed E-state index contributed by atoms with van der Waals surface area (Å²) in [7, 11) is 0. The van der Waals surface area contributed by atoms with Crippen LogP contribution in [0.3, 0.4) is 0 Å². The number of aromatic hydroxyl groups is 1. The second kappa shape index (κ2) is 5.89. The van der Waals surface area contributed by atoms with Gasteiger partial charge in [-0.3, -0.25) is 0 Å². The van der Waals surface area contributed by atoms with E-state index >= 15 is 0 Å². The molecule has 6 heteroatoms. The number of hydrogen-bond acceptors (Lipinski definition) is 3. The maximum absolute atomic E-state index is 13.6. The van der Waals surface area contributed by atoms with Crippen molar-refractivity contribution in [3.8, 4) is 16.9 Å². The molecular formula is C21H21F3N2O. The van der Waals surface area contributed by atoms with Crippen molar-refractivity contribution in [3.05, 3.63) is 47.0 Å². The molecule has 142 valence electrons. The van der Waals surface area contributed by atoms with Gasteiger partial charge in [-0.15, -0.1) is 0 Å². The van der Waals surface area contributed by atoms with Gasteiger partial charge in [0.1, 0.15) is 5.75 Å². The van der Waals surface area contributed by atoms with E-state index in [-0.39, 0.29) is 11.3 Å². The third-order valence-electron chi connectivity index (χ3n) is 6.22. The van der Waals surface area contributed by atoms with Crippen molar-refractivity contribution in [2.75, 3.05) is 24.5 Å². The van der Waals surface area contributed by atoms with E-state index in [1.54, 1.807) is 0 Å². The average molecular weight is 374 g/mol. The van der Waals surface area contributed by atoms with Crippen LogP contribution >= 0.6 is 0 Å². The van der Waals surface area contributed by atoms with Crippen LogP contribution in [0.2, 0.25) is 0 Å². The minimum absolute atomic E-state index is 0.142. The summed E-state index contributed by atoms with van der Waals surface area (Å²) in [4.78, 5) is 2.49. The van der Waals surface area contributed by atoms with Gasteiger partial charge in [-0.05, 0) is 72.3 Å².